The van der Waals surface area contributed by atoms with Crippen molar-refractivity contribution in [3.63, 3.8) is 0 Å². The minimum atomic E-state index is -0.349. The predicted octanol–water partition coefficient (Wildman–Crippen LogP) is 7.66. The average molecular weight is 542 g/mol. The number of hydrogen-bond donors (Lipinski definition) is 0. The zero-order chi connectivity index (χ0) is 25.7. The van der Waals surface area contributed by atoms with Crippen LogP contribution < -0.4 is 9.64 Å². The van der Waals surface area contributed by atoms with Crippen LogP contribution in [0.1, 0.15) is 30.5 Å². The molecule has 5 nitrogen and oxygen atoms in total. The van der Waals surface area contributed by atoms with Gasteiger partial charge in [-0.05, 0) is 67.1 Å². The number of anilines is 1. The number of halogens is 2. The first-order valence-corrected chi connectivity index (χ1v) is 13.2. The van der Waals surface area contributed by atoms with Gasteiger partial charge in [-0.2, -0.15) is 0 Å². The molecule has 1 aliphatic rings. The number of hydrogen-bond acceptors (Lipinski definition) is 5. The number of ether oxygens (including phenoxy) is 1. The Morgan fingerprint density at radius 1 is 0.917 bits per heavy atom. The van der Waals surface area contributed by atoms with E-state index in [0.29, 0.717) is 27.3 Å². The van der Waals surface area contributed by atoms with Gasteiger partial charge in [0.1, 0.15) is 12.4 Å². The minimum absolute atomic E-state index is 0.122. The van der Waals surface area contributed by atoms with Gasteiger partial charge in [0, 0.05) is 30.4 Å². The molecule has 0 saturated carbocycles. The zero-order valence-electron chi connectivity index (χ0n) is 20.0. The SMILES string of the molecule is CCN(CC)c1ccc(/C=C2\SC(=O)N(Cc3ccc(Cl)c(Cl)c3)C2=O)c(OCc2ccccc2)c1. The summed E-state index contributed by atoms with van der Waals surface area (Å²) >= 11 is 13.0. The van der Waals surface area contributed by atoms with Gasteiger partial charge in [-0.1, -0.05) is 59.6 Å². The Labute approximate surface area is 225 Å². The van der Waals surface area contributed by atoms with Gasteiger partial charge in [-0.25, -0.2) is 0 Å². The van der Waals surface area contributed by atoms with Crippen LogP contribution in [0.25, 0.3) is 6.08 Å². The summed E-state index contributed by atoms with van der Waals surface area (Å²) in [6.07, 6.45) is 1.73. The summed E-state index contributed by atoms with van der Waals surface area (Å²) in [6.45, 7) is 6.44. The molecule has 0 N–H and O–H groups in total. The summed E-state index contributed by atoms with van der Waals surface area (Å²) in [6, 6.07) is 20.9. The van der Waals surface area contributed by atoms with Gasteiger partial charge >= 0.3 is 0 Å². The molecule has 3 aromatic rings. The van der Waals surface area contributed by atoms with Crippen molar-refractivity contribution in [2.45, 2.75) is 27.0 Å². The van der Waals surface area contributed by atoms with Crippen molar-refractivity contribution in [3.05, 3.63) is 98.4 Å². The minimum Gasteiger partial charge on any atom is -0.488 e. The Morgan fingerprint density at radius 2 is 1.67 bits per heavy atom. The second-order valence-corrected chi connectivity index (χ2v) is 9.99. The highest BCUT2D eigenvalue weighted by Gasteiger charge is 2.35. The summed E-state index contributed by atoms with van der Waals surface area (Å²) in [4.78, 5) is 29.6. The Bertz CT molecular complexity index is 1290. The highest BCUT2D eigenvalue weighted by molar-refractivity contribution is 8.18. The van der Waals surface area contributed by atoms with Crippen molar-refractivity contribution in [3.8, 4) is 5.75 Å². The third-order valence-electron chi connectivity index (χ3n) is 5.85. The van der Waals surface area contributed by atoms with E-state index in [-0.39, 0.29) is 17.7 Å². The van der Waals surface area contributed by atoms with Crippen LogP contribution in [-0.2, 0) is 17.9 Å². The van der Waals surface area contributed by atoms with Crippen LogP contribution in [0.4, 0.5) is 10.5 Å². The second-order valence-electron chi connectivity index (χ2n) is 8.19. The lowest BCUT2D eigenvalue weighted by Gasteiger charge is -2.22. The molecule has 0 radical (unpaired) electrons. The molecule has 1 aliphatic heterocycles. The number of nitrogens with zero attached hydrogens (tertiary/aromatic N) is 2. The molecule has 0 atom stereocenters. The smallest absolute Gasteiger partial charge is 0.293 e. The third kappa shape index (κ3) is 6.06. The van der Waals surface area contributed by atoms with Crippen LogP contribution in [0, 0.1) is 0 Å². The van der Waals surface area contributed by atoms with Gasteiger partial charge in [0.05, 0.1) is 21.5 Å². The number of amides is 2. The molecule has 0 unspecified atom stereocenters. The summed E-state index contributed by atoms with van der Waals surface area (Å²) in [5.41, 5.74) is 3.54. The van der Waals surface area contributed by atoms with E-state index in [2.05, 4.69) is 18.7 Å². The molecular formula is C28H26Cl2N2O3S. The second kappa shape index (κ2) is 11.9. The van der Waals surface area contributed by atoms with Gasteiger partial charge in [0.2, 0.25) is 0 Å². The first kappa shape index (κ1) is 26.1. The lowest BCUT2D eigenvalue weighted by molar-refractivity contribution is -0.123. The first-order chi connectivity index (χ1) is 17.4. The molecule has 0 spiro atoms. The van der Waals surface area contributed by atoms with Gasteiger partial charge < -0.3 is 9.64 Å². The molecule has 0 bridgehead atoms. The highest BCUT2D eigenvalue weighted by atomic mass is 35.5. The maximum Gasteiger partial charge on any atom is 0.293 e. The van der Waals surface area contributed by atoms with Crippen LogP contribution in [-0.4, -0.2) is 29.1 Å². The van der Waals surface area contributed by atoms with E-state index in [4.69, 9.17) is 27.9 Å². The summed E-state index contributed by atoms with van der Waals surface area (Å²) in [5, 5.41) is 0.472. The number of thioether (sulfide) groups is 1. The number of benzene rings is 3. The van der Waals surface area contributed by atoms with E-state index in [9.17, 15) is 9.59 Å². The fourth-order valence-electron chi connectivity index (χ4n) is 3.89. The van der Waals surface area contributed by atoms with E-state index >= 15 is 0 Å². The van der Waals surface area contributed by atoms with E-state index < -0.39 is 0 Å². The molecule has 0 aromatic heterocycles. The lowest BCUT2D eigenvalue weighted by atomic mass is 10.1. The van der Waals surface area contributed by atoms with E-state index in [1.54, 1.807) is 24.3 Å². The first-order valence-electron chi connectivity index (χ1n) is 11.6. The van der Waals surface area contributed by atoms with Crippen LogP contribution >= 0.6 is 35.0 Å². The molecule has 1 saturated heterocycles. The Hall–Kier alpha value is -2.93. The fraction of sp³-hybridized carbons (Fsp3) is 0.214. The summed E-state index contributed by atoms with van der Waals surface area (Å²) < 4.78 is 6.20. The maximum absolute atomic E-state index is 13.1. The van der Waals surface area contributed by atoms with E-state index in [0.717, 1.165) is 47.2 Å². The quantitative estimate of drug-likeness (QED) is 0.261. The van der Waals surface area contributed by atoms with Gasteiger partial charge in [0.15, 0.2) is 0 Å². The highest BCUT2D eigenvalue weighted by Crippen LogP contribution is 2.36. The predicted molar refractivity (Wildman–Crippen MR) is 149 cm³/mol. The number of imide groups is 1. The van der Waals surface area contributed by atoms with Crippen LogP contribution in [0.3, 0.4) is 0 Å². The van der Waals surface area contributed by atoms with Crippen molar-refractivity contribution in [1.82, 2.24) is 4.90 Å². The molecular weight excluding hydrogens is 515 g/mol. The number of carbonyl (C=O) groups is 2. The maximum atomic E-state index is 13.1. The van der Waals surface area contributed by atoms with Crippen molar-refractivity contribution in [2.24, 2.45) is 0 Å². The van der Waals surface area contributed by atoms with Gasteiger partial charge in [-0.15, -0.1) is 0 Å². The van der Waals surface area contributed by atoms with E-state index in [1.807, 2.05) is 48.5 Å². The lowest BCUT2D eigenvalue weighted by Crippen LogP contribution is -2.27. The third-order valence-corrected chi connectivity index (χ3v) is 7.49. The largest absolute Gasteiger partial charge is 0.488 e. The molecule has 0 aliphatic carbocycles. The molecule has 36 heavy (non-hydrogen) atoms. The van der Waals surface area contributed by atoms with E-state index in [1.165, 1.54) is 4.90 Å². The fourth-order valence-corrected chi connectivity index (χ4v) is 5.04. The van der Waals surface area contributed by atoms with Crippen molar-refractivity contribution >= 4 is 57.9 Å². The normalized spacial score (nSPS) is 14.6. The van der Waals surface area contributed by atoms with Crippen molar-refractivity contribution in [1.29, 1.82) is 0 Å². The van der Waals surface area contributed by atoms with Crippen LogP contribution in [0.15, 0.2) is 71.6 Å². The molecule has 1 fully saturated rings. The zero-order valence-corrected chi connectivity index (χ0v) is 22.4. The van der Waals surface area contributed by atoms with Crippen molar-refractivity contribution in [2.75, 3.05) is 18.0 Å². The Kier molecular flexibility index (Phi) is 8.62. The number of rotatable bonds is 9. The molecule has 3 aromatic carbocycles. The molecule has 1 heterocycles. The monoisotopic (exact) mass is 540 g/mol. The van der Waals surface area contributed by atoms with Gasteiger partial charge in [0.25, 0.3) is 11.1 Å². The summed E-state index contributed by atoms with van der Waals surface area (Å²) in [5.74, 6) is 0.303. The van der Waals surface area contributed by atoms with Gasteiger partial charge in [-0.3, -0.25) is 14.5 Å². The number of carbonyl (C=O) groups excluding carboxylic acids is 2. The molecule has 2 amide bonds. The van der Waals surface area contributed by atoms with Crippen molar-refractivity contribution < 1.29 is 14.3 Å². The topological polar surface area (TPSA) is 49.9 Å². The van der Waals surface area contributed by atoms with Crippen LogP contribution in [0.2, 0.25) is 10.0 Å². The van der Waals surface area contributed by atoms with Crippen LogP contribution in [0.5, 0.6) is 5.75 Å². The molecule has 4 rings (SSSR count). The Balaban J connectivity index is 1.61. The standard InChI is InChI=1S/C28H26Cl2N2O3S/c1-3-31(4-2)22-12-11-21(25(16-22)35-18-19-8-6-5-7-9-19)15-26-27(33)32(28(34)36-26)17-20-10-13-23(29)24(30)14-20/h5-16H,3-4,17-18H2,1-2H3/b26-15-. The molecule has 8 heteroatoms. The average Bonchev–Trinajstić information content (AvgIpc) is 3.14. The Morgan fingerprint density at radius 3 is 2.36 bits per heavy atom. The molecule has 186 valence electrons. The summed E-state index contributed by atoms with van der Waals surface area (Å²) in [7, 11) is 0.